The first-order chi connectivity index (χ1) is 12.3. The van der Waals surface area contributed by atoms with Gasteiger partial charge >= 0.3 is 8.56 Å². The van der Waals surface area contributed by atoms with Crippen LogP contribution in [0.15, 0.2) is 0 Å². The minimum Gasteiger partial charge on any atom is -0.391 e. The normalized spacial score (nSPS) is 33.7. The summed E-state index contributed by atoms with van der Waals surface area (Å²) in [7, 11) is -2.76. The van der Waals surface area contributed by atoms with Gasteiger partial charge in [0.2, 0.25) is 5.91 Å². The van der Waals surface area contributed by atoms with E-state index in [-0.39, 0.29) is 21.7 Å². The topological polar surface area (TPSA) is 101 Å². The van der Waals surface area contributed by atoms with E-state index in [0.717, 1.165) is 0 Å². The zero-order valence-corrected chi connectivity index (χ0v) is 19.1. The zero-order chi connectivity index (χ0) is 20.6. The van der Waals surface area contributed by atoms with E-state index in [1.54, 1.807) is 0 Å². The number of carbonyl (C=O) groups is 1. The average molecular weight is 417 g/mol. The number of fused-ring (bicyclic) bond motifs is 1. The van der Waals surface area contributed by atoms with E-state index in [4.69, 9.17) is 18.9 Å². The molecule has 0 aromatic heterocycles. The number of nitrogens with zero attached hydrogens (tertiary/aromatic N) is 1. The Morgan fingerprint density at radius 3 is 2.37 bits per heavy atom. The highest BCUT2D eigenvalue weighted by Crippen LogP contribution is 2.55. The summed E-state index contributed by atoms with van der Waals surface area (Å²) in [5.74, 6) is -0.0548. The highest BCUT2D eigenvalue weighted by atomic mass is 32.2. The Morgan fingerprint density at radius 1 is 1.30 bits per heavy atom. The molecule has 2 unspecified atom stereocenters. The fourth-order valence-electron chi connectivity index (χ4n) is 4.19. The maximum Gasteiger partial charge on any atom is 0.349 e. The number of hydrogen-bond acceptors (Lipinski definition) is 7. The number of thioether (sulfide) groups is 1. The number of aliphatic hydroxyl groups is 1. The minimum atomic E-state index is -2.76. The van der Waals surface area contributed by atoms with Crippen LogP contribution in [-0.4, -0.2) is 61.7 Å². The lowest BCUT2D eigenvalue weighted by molar-refractivity contribution is -0.195. The second-order valence-electron chi connectivity index (χ2n) is 9.24. The highest BCUT2D eigenvalue weighted by Gasteiger charge is 2.64. The van der Waals surface area contributed by atoms with E-state index < -0.39 is 38.4 Å². The van der Waals surface area contributed by atoms with E-state index in [0.29, 0.717) is 6.61 Å². The van der Waals surface area contributed by atoms with Crippen molar-refractivity contribution in [2.45, 2.75) is 88.3 Å². The smallest absolute Gasteiger partial charge is 0.349 e. The van der Waals surface area contributed by atoms with E-state index in [9.17, 15) is 9.90 Å². The number of nitrogens with one attached hydrogen (secondary N) is 1. The summed E-state index contributed by atoms with van der Waals surface area (Å²) < 4.78 is 19.1. The van der Waals surface area contributed by atoms with Crippen LogP contribution in [-0.2, 0) is 18.4 Å². The molecule has 5 atom stereocenters. The summed E-state index contributed by atoms with van der Waals surface area (Å²) in [6, 6.07) is 1.42. The summed E-state index contributed by atoms with van der Waals surface area (Å²) in [5.41, 5.74) is -0.532. The van der Waals surface area contributed by atoms with Crippen molar-refractivity contribution in [3.05, 3.63) is 0 Å². The number of carbonyl (C=O) groups excluding carboxylic acids is 1. The molecule has 9 heteroatoms. The molecular weight excluding hydrogens is 384 g/mol. The van der Waals surface area contributed by atoms with Crippen molar-refractivity contribution in [3.63, 3.8) is 0 Å². The zero-order valence-electron chi connectivity index (χ0n) is 17.2. The second kappa shape index (κ2) is 8.01. The Hall–Kier alpha value is -0.633. The molecule has 0 spiro atoms. The Labute approximate surface area is 167 Å². The molecule has 7 nitrogen and oxygen atoms in total. The standard InChI is InChI=1S/C18H32N2O5SSi/c1-11(21)20-13-14(22)15-12(24-16(13)26-9-8-19)10-23-27(25-15,17(2,3)4)18(5,6)7/h12-16,22H,9-10H2,1-7H3,(H,20,21)/t12?,13-,14?,15+,16-/m0/s1. The van der Waals surface area contributed by atoms with Gasteiger partial charge in [-0.3, -0.25) is 4.79 Å². The Balaban J connectivity index is 2.34. The highest BCUT2D eigenvalue weighted by molar-refractivity contribution is 8.00. The molecule has 0 saturated carbocycles. The third-order valence-electron chi connectivity index (χ3n) is 5.08. The second-order valence-corrected chi connectivity index (χ2v) is 15.1. The van der Waals surface area contributed by atoms with Crippen LogP contribution < -0.4 is 5.32 Å². The summed E-state index contributed by atoms with van der Waals surface area (Å²) in [4.78, 5) is 11.7. The SMILES string of the molecule is CC(=O)N[C@H]1C(O)[C@@H]2O[Si](C(C)(C)C)(C(C)(C)C)OCC2O[C@H]1SCC#N. The Kier molecular flexibility index (Phi) is 6.72. The molecule has 0 aromatic carbocycles. The van der Waals surface area contributed by atoms with E-state index in [1.165, 1.54) is 18.7 Å². The fourth-order valence-corrected chi connectivity index (χ4v) is 10.0. The lowest BCUT2D eigenvalue weighted by atomic mass is 9.98. The fraction of sp³-hybridized carbons (Fsp3) is 0.889. The van der Waals surface area contributed by atoms with Crippen molar-refractivity contribution in [2.75, 3.05) is 12.4 Å². The minimum absolute atomic E-state index is 0.204. The Bertz CT molecular complexity index is 584. The number of amides is 1. The molecule has 2 aliphatic heterocycles. The third-order valence-corrected chi connectivity index (χ3v) is 11.2. The van der Waals surface area contributed by atoms with Crippen LogP contribution in [0.3, 0.4) is 0 Å². The molecule has 0 aromatic rings. The van der Waals surface area contributed by atoms with E-state index >= 15 is 0 Å². The number of aliphatic hydroxyl groups excluding tert-OH is 1. The summed E-state index contributed by atoms with van der Waals surface area (Å²) >= 11 is 1.26. The van der Waals surface area contributed by atoms with Gasteiger partial charge in [-0.2, -0.15) is 5.26 Å². The van der Waals surface area contributed by atoms with Gasteiger partial charge < -0.3 is 24.0 Å². The van der Waals surface area contributed by atoms with Crippen LogP contribution in [0.25, 0.3) is 0 Å². The van der Waals surface area contributed by atoms with E-state index in [1.807, 2.05) is 0 Å². The number of rotatable bonds is 3. The van der Waals surface area contributed by atoms with Gasteiger partial charge in [0.1, 0.15) is 23.7 Å². The van der Waals surface area contributed by atoms with Crippen LogP contribution in [0, 0.1) is 11.3 Å². The maximum absolute atomic E-state index is 11.7. The molecule has 2 rings (SSSR count). The first-order valence-corrected chi connectivity index (χ1v) is 12.1. The molecule has 0 bridgehead atoms. The van der Waals surface area contributed by atoms with Gasteiger partial charge in [0.05, 0.1) is 24.5 Å². The van der Waals surface area contributed by atoms with Crippen molar-refractivity contribution in [1.82, 2.24) is 5.32 Å². The monoisotopic (exact) mass is 416 g/mol. The third kappa shape index (κ3) is 4.36. The molecule has 2 saturated heterocycles. The molecule has 0 radical (unpaired) electrons. The lowest BCUT2D eigenvalue weighted by Crippen LogP contribution is -2.72. The predicted octanol–water partition coefficient (Wildman–Crippen LogP) is 2.29. The van der Waals surface area contributed by atoms with Crippen LogP contribution in [0.5, 0.6) is 0 Å². The van der Waals surface area contributed by atoms with Crippen LogP contribution in [0.4, 0.5) is 0 Å². The first-order valence-electron chi connectivity index (χ1n) is 9.25. The molecule has 2 aliphatic rings. The predicted molar refractivity (Wildman–Crippen MR) is 106 cm³/mol. The Morgan fingerprint density at radius 2 is 1.89 bits per heavy atom. The van der Waals surface area contributed by atoms with Gasteiger partial charge in [-0.1, -0.05) is 41.5 Å². The summed E-state index contributed by atoms with van der Waals surface area (Å²) in [6.45, 7) is 14.4. The average Bonchev–Trinajstić information content (AvgIpc) is 2.53. The van der Waals surface area contributed by atoms with Gasteiger partial charge in [-0.15, -0.1) is 11.8 Å². The maximum atomic E-state index is 11.7. The quantitative estimate of drug-likeness (QED) is 0.681. The van der Waals surface area contributed by atoms with Gasteiger partial charge in [-0.05, 0) is 0 Å². The van der Waals surface area contributed by atoms with Crippen molar-refractivity contribution < 1.29 is 23.5 Å². The molecule has 2 fully saturated rings. The van der Waals surface area contributed by atoms with Crippen molar-refractivity contribution >= 4 is 26.2 Å². The largest absolute Gasteiger partial charge is 0.391 e. The van der Waals surface area contributed by atoms with Crippen molar-refractivity contribution in [2.24, 2.45) is 0 Å². The van der Waals surface area contributed by atoms with Crippen molar-refractivity contribution in [3.8, 4) is 6.07 Å². The first kappa shape index (κ1) is 22.7. The molecule has 2 heterocycles. The van der Waals surface area contributed by atoms with Gasteiger partial charge in [-0.25, -0.2) is 0 Å². The van der Waals surface area contributed by atoms with E-state index in [2.05, 4.69) is 52.9 Å². The van der Waals surface area contributed by atoms with Gasteiger partial charge in [0.15, 0.2) is 0 Å². The summed E-state index contributed by atoms with van der Waals surface area (Å²) in [6.07, 6.45) is -1.96. The van der Waals surface area contributed by atoms with Crippen molar-refractivity contribution in [1.29, 1.82) is 5.26 Å². The molecule has 154 valence electrons. The lowest BCUT2D eigenvalue weighted by Gasteiger charge is -2.57. The van der Waals surface area contributed by atoms with Crippen LogP contribution in [0.1, 0.15) is 48.5 Å². The summed E-state index contributed by atoms with van der Waals surface area (Å²) in [5, 5.41) is 22.3. The molecule has 1 amide bonds. The molecule has 0 aliphatic carbocycles. The van der Waals surface area contributed by atoms with Gasteiger partial charge in [0, 0.05) is 17.0 Å². The number of nitriles is 1. The molecule has 27 heavy (non-hydrogen) atoms. The molecule has 2 N–H and O–H groups in total. The van der Waals surface area contributed by atoms with Gasteiger partial charge in [0.25, 0.3) is 0 Å². The molecular formula is C18H32N2O5SSi. The van der Waals surface area contributed by atoms with Crippen LogP contribution >= 0.6 is 11.8 Å². The number of ether oxygens (including phenoxy) is 1. The number of hydrogen-bond donors (Lipinski definition) is 2. The van der Waals surface area contributed by atoms with Crippen LogP contribution in [0.2, 0.25) is 10.1 Å².